The van der Waals surface area contributed by atoms with Crippen molar-refractivity contribution in [3.8, 4) is 16.9 Å². The van der Waals surface area contributed by atoms with Crippen molar-refractivity contribution in [1.29, 1.82) is 0 Å². The number of aromatic nitrogens is 2. The summed E-state index contributed by atoms with van der Waals surface area (Å²) in [6.07, 6.45) is 6.50. The molecule has 3 heterocycles. The van der Waals surface area contributed by atoms with Gasteiger partial charge in [0.2, 0.25) is 5.91 Å². The largest absolute Gasteiger partial charge is 0.492 e. The van der Waals surface area contributed by atoms with Crippen molar-refractivity contribution in [2.45, 2.75) is 52.1 Å². The van der Waals surface area contributed by atoms with E-state index in [2.05, 4.69) is 20.2 Å². The van der Waals surface area contributed by atoms with Crippen molar-refractivity contribution < 1.29 is 14.3 Å². The third kappa shape index (κ3) is 5.60. The maximum atomic E-state index is 12.5. The fourth-order valence-corrected chi connectivity index (χ4v) is 4.43. The quantitative estimate of drug-likeness (QED) is 0.696. The molecule has 0 saturated carbocycles. The van der Waals surface area contributed by atoms with Crippen LogP contribution in [0.25, 0.3) is 11.1 Å². The van der Waals surface area contributed by atoms with Crippen LogP contribution in [-0.4, -0.2) is 59.7 Å². The highest BCUT2D eigenvalue weighted by Gasteiger charge is 2.20. The smallest absolute Gasteiger partial charge is 0.226 e. The number of benzene rings is 1. The van der Waals surface area contributed by atoms with Gasteiger partial charge in [0, 0.05) is 41.4 Å². The van der Waals surface area contributed by atoms with Crippen LogP contribution in [0.5, 0.6) is 5.75 Å². The minimum absolute atomic E-state index is 0.0275. The van der Waals surface area contributed by atoms with Crippen molar-refractivity contribution in [3.63, 3.8) is 0 Å². The maximum Gasteiger partial charge on any atom is 0.226 e. The molecular formula is C24H32N4O3. The van der Waals surface area contributed by atoms with Gasteiger partial charge >= 0.3 is 0 Å². The van der Waals surface area contributed by atoms with E-state index >= 15 is 0 Å². The first-order valence-corrected chi connectivity index (χ1v) is 11.3. The molecular weight excluding hydrogens is 392 g/mol. The summed E-state index contributed by atoms with van der Waals surface area (Å²) < 4.78 is 11.8. The molecule has 166 valence electrons. The van der Waals surface area contributed by atoms with Crippen LogP contribution in [0, 0.1) is 13.8 Å². The Morgan fingerprint density at radius 3 is 2.68 bits per heavy atom. The van der Waals surface area contributed by atoms with Gasteiger partial charge < -0.3 is 14.8 Å². The number of anilines is 1. The van der Waals surface area contributed by atoms with Gasteiger partial charge in [0.25, 0.3) is 0 Å². The first kappa shape index (κ1) is 21.7. The van der Waals surface area contributed by atoms with Gasteiger partial charge in [-0.2, -0.15) is 0 Å². The Hall–Kier alpha value is -2.51. The molecule has 2 aliphatic rings. The number of rotatable bonds is 8. The molecule has 0 aliphatic carbocycles. The van der Waals surface area contributed by atoms with Crippen LogP contribution in [-0.2, 0) is 9.53 Å². The highest BCUT2D eigenvalue weighted by Crippen LogP contribution is 2.35. The standard InChI is InChI=1S/C24H32N4O3/c1-17-24(18(2)26-16-25-17)21-14-19(27-23(29)15-20-6-5-12-30-20)7-8-22(21)31-13-11-28-9-3-4-10-28/h7-8,14,16,20H,3-6,9-13,15H2,1-2H3,(H,27,29). The zero-order valence-electron chi connectivity index (χ0n) is 18.5. The number of hydrogen-bond acceptors (Lipinski definition) is 6. The molecule has 0 radical (unpaired) electrons. The maximum absolute atomic E-state index is 12.5. The second-order valence-electron chi connectivity index (χ2n) is 8.41. The van der Waals surface area contributed by atoms with Crippen LogP contribution in [0.2, 0.25) is 0 Å². The molecule has 7 heteroatoms. The Morgan fingerprint density at radius 1 is 1.19 bits per heavy atom. The van der Waals surface area contributed by atoms with E-state index in [-0.39, 0.29) is 12.0 Å². The highest BCUT2D eigenvalue weighted by atomic mass is 16.5. The lowest BCUT2D eigenvalue weighted by Crippen LogP contribution is -2.25. The van der Waals surface area contributed by atoms with E-state index in [9.17, 15) is 4.79 Å². The lowest BCUT2D eigenvalue weighted by atomic mass is 10.0. The number of aryl methyl sites for hydroxylation is 2. The van der Waals surface area contributed by atoms with Gasteiger partial charge in [-0.25, -0.2) is 9.97 Å². The molecule has 1 unspecified atom stereocenters. The van der Waals surface area contributed by atoms with Gasteiger partial charge in [0.1, 0.15) is 18.7 Å². The summed E-state index contributed by atoms with van der Waals surface area (Å²) >= 11 is 0. The predicted octanol–water partition coefficient (Wildman–Crippen LogP) is 3.74. The molecule has 0 spiro atoms. The lowest BCUT2D eigenvalue weighted by molar-refractivity contribution is -0.118. The van der Waals surface area contributed by atoms with Crippen LogP contribution < -0.4 is 10.1 Å². The first-order chi connectivity index (χ1) is 15.1. The van der Waals surface area contributed by atoms with Crippen molar-refractivity contribution in [3.05, 3.63) is 35.9 Å². The third-order valence-electron chi connectivity index (χ3n) is 6.06. The highest BCUT2D eigenvalue weighted by molar-refractivity contribution is 5.92. The molecule has 2 aromatic rings. The van der Waals surface area contributed by atoms with Crippen molar-refractivity contribution in [2.24, 2.45) is 0 Å². The van der Waals surface area contributed by atoms with Gasteiger partial charge in [-0.15, -0.1) is 0 Å². The van der Waals surface area contributed by atoms with Crippen molar-refractivity contribution in [1.82, 2.24) is 14.9 Å². The molecule has 1 N–H and O–H groups in total. The molecule has 1 aromatic heterocycles. The van der Waals surface area contributed by atoms with Gasteiger partial charge in [-0.05, 0) is 70.8 Å². The number of nitrogens with one attached hydrogen (secondary N) is 1. The summed E-state index contributed by atoms with van der Waals surface area (Å²) in [5.41, 5.74) is 4.38. The Labute approximate surface area is 184 Å². The summed E-state index contributed by atoms with van der Waals surface area (Å²) in [6, 6.07) is 5.81. The minimum atomic E-state index is -0.0293. The van der Waals surface area contributed by atoms with E-state index in [0.29, 0.717) is 13.0 Å². The number of hydrogen-bond donors (Lipinski definition) is 1. The number of carbonyl (C=O) groups excluding carboxylic acids is 1. The normalized spacial score (nSPS) is 19.0. The summed E-state index contributed by atoms with van der Waals surface area (Å²) in [5.74, 6) is 0.760. The van der Waals surface area contributed by atoms with E-state index in [1.54, 1.807) is 6.33 Å². The van der Waals surface area contributed by atoms with Gasteiger partial charge in [0.05, 0.1) is 12.5 Å². The molecule has 2 fully saturated rings. The second kappa shape index (κ2) is 10.2. The fraction of sp³-hybridized carbons (Fsp3) is 0.542. The summed E-state index contributed by atoms with van der Waals surface area (Å²) in [7, 11) is 0. The van der Waals surface area contributed by atoms with Crippen molar-refractivity contribution in [2.75, 3.05) is 38.2 Å². The number of likely N-dealkylation sites (tertiary alicyclic amines) is 1. The van der Waals surface area contributed by atoms with E-state index < -0.39 is 0 Å². The van der Waals surface area contributed by atoms with E-state index in [1.165, 1.54) is 12.8 Å². The number of carbonyl (C=O) groups is 1. The first-order valence-electron chi connectivity index (χ1n) is 11.3. The van der Waals surface area contributed by atoms with Crippen LogP contribution >= 0.6 is 0 Å². The summed E-state index contributed by atoms with van der Waals surface area (Å²) in [4.78, 5) is 23.7. The molecule has 1 atom stereocenters. The van der Waals surface area contributed by atoms with E-state index in [0.717, 1.165) is 73.0 Å². The average Bonchev–Trinajstić information content (AvgIpc) is 3.43. The van der Waals surface area contributed by atoms with Crippen molar-refractivity contribution >= 4 is 11.6 Å². The average molecular weight is 425 g/mol. The van der Waals surface area contributed by atoms with E-state index in [1.807, 2.05) is 32.0 Å². The molecule has 2 saturated heterocycles. The van der Waals surface area contributed by atoms with Crippen LogP contribution in [0.4, 0.5) is 5.69 Å². The molecule has 4 rings (SSSR count). The number of ether oxygens (including phenoxy) is 2. The Morgan fingerprint density at radius 2 is 1.97 bits per heavy atom. The Balaban J connectivity index is 1.53. The van der Waals surface area contributed by atoms with Crippen LogP contribution in [0.3, 0.4) is 0 Å². The van der Waals surface area contributed by atoms with E-state index in [4.69, 9.17) is 9.47 Å². The Bertz CT molecular complexity index is 885. The van der Waals surface area contributed by atoms with Gasteiger partial charge in [-0.1, -0.05) is 0 Å². The molecule has 31 heavy (non-hydrogen) atoms. The second-order valence-corrected chi connectivity index (χ2v) is 8.41. The SMILES string of the molecule is Cc1ncnc(C)c1-c1cc(NC(=O)CC2CCCO2)ccc1OCCN1CCCC1. The Kier molecular flexibility index (Phi) is 7.14. The minimum Gasteiger partial charge on any atom is -0.492 e. The van der Waals surface area contributed by atoms with Gasteiger partial charge in [-0.3, -0.25) is 9.69 Å². The van der Waals surface area contributed by atoms with Crippen LogP contribution in [0.1, 0.15) is 43.5 Å². The molecule has 7 nitrogen and oxygen atoms in total. The number of amides is 1. The monoisotopic (exact) mass is 424 g/mol. The zero-order valence-corrected chi connectivity index (χ0v) is 18.5. The zero-order chi connectivity index (χ0) is 21.6. The van der Waals surface area contributed by atoms with Gasteiger partial charge in [0.15, 0.2) is 0 Å². The lowest BCUT2D eigenvalue weighted by Gasteiger charge is -2.19. The predicted molar refractivity (Wildman–Crippen MR) is 120 cm³/mol. The molecule has 2 aliphatic heterocycles. The number of nitrogens with zero attached hydrogens (tertiary/aromatic N) is 3. The molecule has 0 bridgehead atoms. The van der Waals surface area contributed by atoms with Crippen LogP contribution in [0.15, 0.2) is 24.5 Å². The topological polar surface area (TPSA) is 76.6 Å². The fourth-order valence-electron chi connectivity index (χ4n) is 4.43. The summed E-state index contributed by atoms with van der Waals surface area (Å²) in [5, 5.41) is 3.02. The summed E-state index contributed by atoms with van der Waals surface area (Å²) in [6.45, 7) is 8.54. The molecule has 1 aromatic carbocycles. The third-order valence-corrected chi connectivity index (χ3v) is 6.06. The molecule has 1 amide bonds.